The molecule has 0 aliphatic carbocycles. The van der Waals surface area contributed by atoms with Gasteiger partial charge in [-0.1, -0.05) is 23.7 Å². The van der Waals surface area contributed by atoms with Gasteiger partial charge in [-0.2, -0.15) is 0 Å². The molecule has 1 heterocycles. The zero-order chi connectivity index (χ0) is 24.5. The first kappa shape index (κ1) is 25.9. The van der Waals surface area contributed by atoms with Crippen molar-refractivity contribution >= 4 is 34.8 Å². The van der Waals surface area contributed by atoms with Gasteiger partial charge in [-0.3, -0.25) is 9.59 Å². The number of thiophene rings is 1. The van der Waals surface area contributed by atoms with Gasteiger partial charge in [0.05, 0.1) is 6.54 Å². The minimum Gasteiger partial charge on any atom is -0.385 e. The van der Waals surface area contributed by atoms with Gasteiger partial charge in [0, 0.05) is 42.3 Å². The van der Waals surface area contributed by atoms with Gasteiger partial charge in [0.2, 0.25) is 5.91 Å². The van der Waals surface area contributed by atoms with E-state index >= 15 is 0 Å². The van der Waals surface area contributed by atoms with E-state index in [1.807, 2.05) is 18.4 Å². The fourth-order valence-electron chi connectivity index (χ4n) is 3.47. The standard InChI is InChI=1S/C26H28ClFN2O3S/c1-19-12-15-34-24(19)17-30(16-20-4-10-23(28)11-5-20)25(31)18-29(13-3-14-33-2)26(32)21-6-8-22(27)9-7-21/h4-12,15H,3,13-14,16-18H2,1-2H3. The lowest BCUT2D eigenvalue weighted by Crippen LogP contribution is -2.43. The van der Waals surface area contributed by atoms with E-state index in [2.05, 4.69) is 0 Å². The first-order valence-corrected chi connectivity index (χ1v) is 12.2. The number of rotatable bonds is 11. The molecule has 8 heteroatoms. The topological polar surface area (TPSA) is 49.9 Å². The smallest absolute Gasteiger partial charge is 0.254 e. The van der Waals surface area contributed by atoms with Crippen molar-refractivity contribution in [2.45, 2.75) is 26.4 Å². The number of amides is 2. The van der Waals surface area contributed by atoms with Crippen molar-refractivity contribution < 1.29 is 18.7 Å². The molecule has 0 fully saturated rings. The molecule has 2 aromatic carbocycles. The second-order valence-electron chi connectivity index (χ2n) is 7.98. The summed E-state index contributed by atoms with van der Waals surface area (Å²) in [6.07, 6.45) is 0.602. The van der Waals surface area contributed by atoms with Gasteiger partial charge in [0.1, 0.15) is 12.4 Å². The van der Waals surface area contributed by atoms with Crippen LogP contribution < -0.4 is 0 Å². The lowest BCUT2D eigenvalue weighted by Gasteiger charge is -2.28. The van der Waals surface area contributed by atoms with E-state index in [1.165, 1.54) is 12.1 Å². The summed E-state index contributed by atoms with van der Waals surface area (Å²) >= 11 is 7.55. The van der Waals surface area contributed by atoms with Crippen LogP contribution in [0.1, 0.15) is 32.8 Å². The minimum atomic E-state index is -0.325. The number of aryl methyl sites for hydroxylation is 1. The predicted octanol–water partition coefficient (Wildman–Crippen LogP) is 5.56. The maximum Gasteiger partial charge on any atom is 0.254 e. The fraction of sp³-hybridized carbons (Fsp3) is 0.308. The van der Waals surface area contributed by atoms with Crippen LogP contribution in [-0.2, 0) is 22.6 Å². The molecule has 1 aromatic heterocycles. The summed E-state index contributed by atoms with van der Waals surface area (Å²) in [6, 6.07) is 14.8. The lowest BCUT2D eigenvalue weighted by atomic mass is 10.1. The summed E-state index contributed by atoms with van der Waals surface area (Å²) in [5.41, 5.74) is 2.39. The third kappa shape index (κ3) is 7.38. The van der Waals surface area contributed by atoms with E-state index < -0.39 is 0 Å². The Morgan fingerprint density at radius 1 is 1.00 bits per heavy atom. The number of hydrogen-bond acceptors (Lipinski definition) is 4. The molecule has 0 atom stereocenters. The first-order valence-electron chi connectivity index (χ1n) is 11.0. The lowest BCUT2D eigenvalue weighted by molar-refractivity contribution is -0.133. The minimum absolute atomic E-state index is 0.0726. The molecule has 0 saturated carbocycles. The summed E-state index contributed by atoms with van der Waals surface area (Å²) in [4.78, 5) is 31.0. The van der Waals surface area contributed by atoms with Gasteiger partial charge in [-0.05, 0) is 72.3 Å². The van der Waals surface area contributed by atoms with E-state index in [-0.39, 0.29) is 24.2 Å². The van der Waals surface area contributed by atoms with Crippen LogP contribution in [-0.4, -0.2) is 48.4 Å². The first-order chi connectivity index (χ1) is 16.4. The molecule has 0 radical (unpaired) electrons. The number of halogens is 2. The highest BCUT2D eigenvalue weighted by atomic mass is 35.5. The van der Waals surface area contributed by atoms with Crippen molar-refractivity contribution in [1.82, 2.24) is 9.80 Å². The molecule has 3 rings (SSSR count). The van der Waals surface area contributed by atoms with Gasteiger partial charge in [0.25, 0.3) is 5.91 Å². The van der Waals surface area contributed by atoms with Gasteiger partial charge in [0.15, 0.2) is 0 Å². The van der Waals surface area contributed by atoms with Crippen molar-refractivity contribution in [2.75, 3.05) is 26.8 Å². The third-order valence-electron chi connectivity index (χ3n) is 5.42. The number of nitrogens with zero attached hydrogens (tertiary/aromatic N) is 2. The van der Waals surface area contributed by atoms with Crippen molar-refractivity contribution in [3.63, 3.8) is 0 Å². The van der Waals surface area contributed by atoms with E-state index in [0.29, 0.717) is 43.2 Å². The summed E-state index contributed by atoms with van der Waals surface area (Å²) in [5.74, 6) is -0.749. The van der Waals surface area contributed by atoms with Crippen LogP contribution in [0, 0.1) is 12.7 Å². The van der Waals surface area contributed by atoms with Crippen molar-refractivity contribution in [3.8, 4) is 0 Å². The molecule has 0 aliphatic rings. The molecular weight excluding hydrogens is 475 g/mol. The van der Waals surface area contributed by atoms with Crippen LogP contribution in [0.15, 0.2) is 60.0 Å². The normalized spacial score (nSPS) is 10.8. The van der Waals surface area contributed by atoms with Gasteiger partial charge in [-0.25, -0.2) is 4.39 Å². The molecule has 5 nitrogen and oxygen atoms in total. The Bertz CT molecular complexity index is 1090. The molecule has 3 aromatic rings. The van der Waals surface area contributed by atoms with Crippen molar-refractivity contribution in [2.24, 2.45) is 0 Å². The number of carbonyl (C=O) groups excluding carboxylic acids is 2. The van der Waals surface area contributed by atoms with E-state index in [9.17, 15) is 14.0 Å². The zero-order valence-corrected chi connectivity index (χ0v) is 20.9. The van der Waals surface area contributed by atoms with Crippen molar-refractivity contribution in [1.29, 1.82) is 0 Å². The molecule has 2 amide bonds. The summed E-state index contributed by atoms with van der Waals surface area (Å²) in [7, 11) is 1.60. The number of methoxy groups -OCH3 is 1. The Labute approximate surface area is 208 Å². The quantitative estimate of drug-likeness (QED) is 0.323. The molecule has 180 valence electrons. The molecular formula is C26H28ClFN2O3S. The number of ether oxygens (including phenoxy) is 1. The number of benzene rings is 2. The number of hydrogen-bond donors (Lipinski definition) is 0. The molecule has 0 saturated heterocycles. The van der Waals surface area contributed by atoms with Gasteiger partial charge in [-0.15, -0.1) is 11.3 Å². The Kier molecular flexibility index (Phi) is 9.62. The second kappa shape index (κ2) is 12.6. The maximum atomic E-state index is 13.5. The van der Waals surface area contributed by atoms with Crippen LogP contribution >= 0.6 is 22.9 Å². The average Bonchev–Trinajstić information content (AvgIpc) is 3.23. The highest BCUT2D eigenvalue weighted by Gasteiger charge is 2.23. The zero-order valence-electron chi connectivity index (χ0n) is 19.3. The monoisotopic (exact) mass is 502 g/mol. The van der Waals surface area contributed by atoms with E-state index in [0.717, 1.165) is 16.0 Å². The maximum absolute atomic E-state index is 13.5. The van der Waals surface area contributed by atoms with Gasteiger partial charge < -0.3 is 14.5 Å². The van der Waals surface area contributed by atoms with E-state index in [4.69, 9.17) is 16.3 Å². The summed E-state index contributed by atoms with van der Waals surface area (Å²) < 4.78 is 18.5. The largest absolute Gasteiger partial charge is 0.385 e. The molecule has 0 aliphatic heterocycles. The molecule has 34 heavy (non-hydrogen) atoms. The van der Waals surface area contributed by atoms with E-state index in [1.54, 1.807) is 64.6 Å². The highest BCUT2D eigenvalue weighted by Crippen LogP contribution is 2.20. The summed E-state index contributed by atoms with van der Waals surface area (Å²) in [6.45, 7) is 3.53. The van der Waals surface area contributed by atoms with Gasteiger partial charge >= 0.3 is 0 Å². The molecule has 0 N–H and O–H groups in total. The number of carbonyl (C=O) groups is 2. The second-order valence-corrected chi connectivity index (χ2v) is 9.42. The predicted molar refractivity (Wildman–Crippen MR) is 134 cm³/mol. The van der Waals surface area contributed by atoms with Crippen LogP contribution in [0.3, 0.4) is 0 Å². The third-order valence-corrected chi connectivity index (χ3v) is 6.68. The Morgan fingerprint density at radius 3 is 2.32 bits per heavy atom. The molecule has 0 unspecified atom stereocenters. The molecule has 0 spiro atoms. The SMILES string of the molecule is COCCCN(CC(=O)N(Cc1ccc(F)cc1)Cc1sccc1C)C(=O)c1ccc(Cl)cc1. The average molecular weight is 503 g/mol. The molecule has 0 bridgehead atoms. The highest BCUT2D eigenvalue weighted by molar-refractivity contribution is 7.10. The van der Waals surface area contributed by atoms with Crippen LogP contribution in [0.5, 0.6) is 0 Å². The van der Waals surface area contributed by atoms with Crippen molar-refractivity contribution in [3.05, 3.63) is 92.4 Å². The summed E-state index contributed by atoms with van der Waals surface area (Å²) in [5, 5.41) is 2.53. The Morgan fingerprint density at radius 2 is 1.71 bits per heavy atom. The Balaban J connectivity index is 1.81. The Hall–Kier alpha value is -2.74. The van der Waals surface area contributed by atoms with Crippen LogP contribution in [0.2, 0.25) is 5.02 Å². The fourth-order valence-corrected chi connectivity index (χ4v) is 4.52. The van der Waals surface area contributed by atoms with Crippen LogP contribution in [0.4, 0.5) is 4.39 Å². The van der Waals surface area contributed by atoms with Crippen LogP contribution in [0.25, 0.3) is 0 Å².